The number of aromatic nitrogens is 1. The van der Waals surface area contributed by atoms with Crippen LogP contribution in [-0.4, -0.2) is 18.1 Å². The van der Waals surface area contributed by atoms with E-state index in [1.54, 1.807) is 5.51 Å². The van der Waals surface area contributed by atoms with E-state index >= 15 is 0 Å². The van der Waals surface area contributed by atoms with Gasteiger partial charge in [0, 0.05) is 6.42 Å². The van der Waals surface area contributed by atoms with Crippen molar-refractivity contribution in [3.63, 3.8) is 0 Å². The van der Waals surface area contributed by atoms with E-state index in [4.69, 9.17) is 4.74 Å². The second-order valence-corrected chi connectivity index (χ2v) is 5.90. The Morgan fingerprint density at radius 3 is 2.63 bits per heavy atom. The van der Waals surface area contributed by atoms with Gasteiger partial charge in [-0.3, -0.25) is 4.79 Å². The van der Waals surface area contributed by atoms with Gasteiger partial charge in [-0.2, -0.15) is 12.6 Å². The van der Waals surface area contributed by atoms with Gasteiger partial charge in [-0.15, -0.1) is 11.3 Å². The Hall–Kier alpha value is -1.33. The molecule has 1 unspecified atom stereocenters. The zero-order valence-electron chi connectivity index (χ0n) is 10.8. The van der Waals surface area contributed by atoms with Crippen molar-refractivity contribution in [3.05, 3.63) is 52.0 Å². The number of rotatable bonds is 4. The van der Waals surface area contributed by atoms with Crippen LogP contribution in [0.2, 0.25) is 0 Å². The molecule has 5 heteroatoms. The minimum Gasteiger partial charge on any atom is -0.468 e. The van der Waals surface area contributed by atoms with Gasteiger partial charge < -0.3 is 4.74 Å². The number of hydrogen-bond acceptors (Lipinski definition) is 5. The summed E-state index contributed by atoms with van der Waals surface area (Å²) >= 11 is 6.06. The van der Waals surface area contributed by atoms with Gasteiger partial charge in [0.1, 0.15) is 0 Å². The Balaban J connectivity index is 2.42. The van der Waals surface area contributed by atoms with Gasteiger partial charge in [0.2, 0.25) is 0 Å². The summed E-state index contributed by atoms with van der Waals surface area (Å²) in [6.07, 6.45) is 0.479. The minimum atomic E-state index is -0.985. The largest absolute Gasteiger partial charge is 0.468 e. The van der Waals surface area contributed by atoms with Gasteiger partial charge in [-0.05, 0) is 12.5 Å². The van der Waals surface area contributed by atoms with Crippen molar-refractivity contribution >= 4 is 29.9 Å². The third-order valence-corrected chi connectivity index (χ3v) is 4.75. The number of hydrogen-bond donors (Lipinski definition) is 1. The third kappa shape index (κ3) is 2.82. The summed E-state index contributed by atoms with van der Waals surface area (Å²) in [5.41, 5.74) is 3.58. The van der Waals surface area contributed by atoms with E-state index in [9.17, 15) is 4.79 Å². The minimum absolute atomic E-state index is 0.355. The fraction of sp³-hybridized carbons (Fsp3) is 0.286. The van der Waals surface area contributed by atoms with Crippen LogP contribution in [0, 0.1) is 6.92 Å². The van der Waals surface area contributed by atoms with E-state index in [2.05, 4.69) is 17.6 Å². The summed E-state index contributed by atoms with van der Waals surface area (Å²) < 4.78 is 3.95. The van der Waals surface area contributed by atoms with Crippen LogP contribution >= 0.6 is 24.0 Å². The number of carbonyl (C=O) groups is 1. The van der Waals surface area contributed by atoms with Gasteiger partial charge in [0.15, 0.2) is 4.75 Å². The monoisotopic (exact) mass is 293 g/mol. The lowest BCUT2D eigenvalue weighted by Gasteiger charge is -2.25. The number of methoxy groups -OCH3 is 1. The van der Waals surface area contributed by atoms with Crippen molar-refractivity contribution in [2.24, 2.45) is 0 Å². The smallest absolute Gasteiger partial charge is 0.327 e. The molecule has 0 amide bonds. The van der Waals surface area contributed by atoms with Gasteiger partial charge in [0.25, 0.3) is 0 Å². The highest BCUT2D eigenvalue weighted by molar-refractivity contribution is 7.82. The Morgan fingerprint density at radius 2 is 2.11 bits per heavy atom. The van der Waals surface area contributed by atoms with Crippen molar-refractivity contribution in [1.29, 1.82) is 0 Å². The summed E-state index contributed by atoms with van der Waals surface area (Å²) in [4.78, 5) is 17.2. The molecule has 0 saturated carbocycles. The molecule has 0 aliphatic rings. The van der Waals surface area contributed by atoms with E-state index in [1.165, 1.54) is 18.4 Å². The van der Waals surface area contributed by atoms with Crippen molar-refractivity contribution in [3.8, 4) is 0 Å². The van der Waals surface area contributed by atoms with Crippen molar-refractivity contribution < 1.29 is 9.53 Å². The first-order chi connectivity index (χ1) is 9.08. The number of carbonyl (C=O) groups excluding carboxylic acids is 1. The highest BCUT2D eigenvalue weighted by Crippen LogP contribution is 2.38. The van der Waals surface area contributed by atoms with E-state index in [-0.39, 0.29) is 5.97 Å². The second kappa shape index (κ2) is 5.75. The van der Waals surface area contributed by atoms with Crippen LogP contribution in [0.25, 0.3) is 0 Å². The third-order valence-electron chi connectivity index (χ3n) is 2.95. The van der Waals surface area contributed by atoms with Crippen molar-refractivity contribution in [2.75, 3.05) is 7.11 Å². The first-order valence-corrected chi connectivity index (χ1v) is 7.16. The molecule has 0 radical (unpaired) electrons. The zero-order chi connectivity index (χ0) is 13.9. The summed E-state index contributed by atoms with van der Waals surface area (Å²) in [5, 5.41) is 0. The quantitative estimate of drug-likeness (QED) is 0.696. The molecule has 2 rings (SSSR count). The van der Waals surface area contributed by atoms with Gasteiger partial charge in [-0.1, -0.05) is 30.3 Å². The predicted molar refractivity (Wildman–Crippen MR) is 79.7 cm³/mol. The highest BCUT2D eigenvalue weighted by atomic mass is 32.1. The Kier molecular flexibility index (Phi) is 4.27. The average molecular weight is 293 g/mol. The summed E-state index contributed by atoms with van der Waals surface area (Å²) in [7, 11) is 1.38. The maximum Gasteiger partial charge on any atom is 0.327 e. The lowest BCUT2D eigenvalue weighted by atomic mass is 9.96. The molecule has 0 bridgehead atoms. The molecule has 0 spiro atoms. The summed E-state index contributed by atoms with van der Waals surface area (Å²) in [5.74, 6) is -0.355. The summed E-state index contributed by atoms with van der Waals surface area (Å²) in [6.45, 7) is 1.88. The topological polar surface area (TPSA) is 39.2 Å². The number of aryl methyl sites for hydroxylation is 1. The van der Waals surface area contributed by atoms with E-state index in [1.807, 2.05) is 37.3 Å². The average Bonchev–Trinajstić information content (AvgIpc) is 2.85. The lowest BCUT2D eigenvalue weighted by molar-refractivity contribution is -0.143. The number of thiol groups is 1. The van der Waals surface area contributed by atoms with Gasteiger partial charge in [-0.25, -0.2) is 4.98 Å². The van der Waals surface area contributed by atoms with Crippen molar-refractivity contribution in [2.45, 2.75) is 18.1 Å². The van der Waals surface area contributed by atoms with Crippen molar-refractivity contribution in [1.82, 2.24) is 4.98 Å². The molecule has 0 saturated heterocycles. The number of ether oxygens (including phenoxy) is 1. The normalized spacial score (nSPS) is 13.8. The van der Waals surface area contributed by atoms with Gasteiger partial charge >= 0.3 is 5.97 Å². The maximum atomic E-state index is 12.2. The maximum absolute atomic E-state index is 12.2. The standard InChI is InChI=1S/C14H15NO2S2/c1-10-12(19-9-15-10)14(18,13(16)17-2)8-11-6-4-3-5-7-11/h3-7,9,18H,8H2,1-2H3. The number of esters is 1. The van der Waals surface area contributed by atoms with E-state index in [0.29, 0.717) is 6.42 Å². The molecular formula is C14H15NO2S2. The zero-order valence-corrected chi connectivity index (χ0v) is 12.5. The Bertz CT molecular complexity index is 568. The predicted octanol–water partition coefficient (Wildman–Crippen LogP) is 2.99. The molecule has 3 nitrogen and oxygen atoms in total. The molecule has 1 aromatic heterocycles. The van der Waals surface area contributed by atoms with E-state index < -0.39 is 4.75 Å². The lowest BCUT2D eigenvalue weighted by Crippen LogP contribution is -2.33. The second-order valence-electron chi connectivity index (χ2n) is 4.28. The molecule has 0 aliphatic heterocycles. The highest BCUT2D eigenvalue weighted by Gasteiger charge is 2.40. The Labute approximate surface area is 122 Å². The number of nitrogens with zero attached hydrogens (tertiary/aromatic N) is 1. The molecule has 0 fully saturated rings. The van der Waals surface area contributed by atoms with Crippen LogP contribution in [0.3, 0.4) is 0 Å². The molecule has 19 heavy (non-hydrogen) atoms. The molecule has 1 heterocycles. The first kappa shape index (κ1) is 14.1. The van der Waals surface area contributed by atoms with Crippen LogP contribution in [0.4, 0.5) is 0 Å². The SMILES string of the molecule is COC(=O)C(S)(Cc1ccccc1)c1scnc1C. The van der Waals surface area contributed by atoms with Gasteiger partial charge in [0.05, 0.1) is 23.2 Å². The first-order valence-electron chi connectivity index (χ1n) is 5.83. The van der Waals surface area contributed by atoms with Crippen LogP contribution in [0.15, 0.2) is 35.8 Å². The van der Waals surface area contributed by atoms with E-state index in [0.717, 1.165) is 16.1 Å². The fourth-order valence-corrected chi connectivity index (χ4v) is 3.49. The molecular weight excluding hydrogens is 278 g/mol. The molecule has 0 aliphatic carbocycles. The fourth-order valence-electron chi connectivity index (χ4n) is 2.00. The van der Waals surface area contributed by atoms with Crippen LogP contribution in [0.1, 0.15) is 16.1 Å². The molecule has 100 valence electrons. The van der Waals surface area contributed by atoms with Crippen LogP contribution in [-0.2, 0) is 20.7 Å². The molecule has 1 aromatic carbocycles. The van der Waals surface area contributed by atoms with Crippen LogP contribution in [0.5, 0.6) is 0 Å². The number of thiazole rings is 1. The van der Waals surface area contributed by atoms with Crippen LogP contribution < -0.4 is 0 Å². The summed E-state index contributed by atoms with van der Waals surface area (Å²) in [6, 6.07) is 9.79. The Morgan fingerprint density at radius 1 is 1.42 bits per heavy atom. The number of benzene rings is 1. The molecule has 0 N–H and O–H groups in total. The molecule has 2 aromatic rings. The molecule has 1 atom stereocenters.